The van der Waals surface area contributed by atoms with Crippen molar-refractivity contribution in [2.75, 3.05) is 21.2 Å². The van der Waals surface area contributed by atoms with E-state index in [0.717, 1.165) is 0 Å². The molecule has 2 saturated heterocycles. The summed E-state index contributed by atoms with van der Waals surface area (Å²) in [5, 5.41) is 23.5. The molecule has 0 saturated carbocycles. The van der Waals surface area contributed by atoms with Crippen LogP contribution >= 0.6 is 0 Å². The molecule has 17 nitrogen and oxygen atoms in total. The molecule has 0 aromatic carbocycles. The minimum Gasteiger partial charge on any atom is -0.462 e. The van der Waals surface area contributed by atoms with Crippen LogP contribution in [0.25, 0.3) is 0 Å². The molecule has 3 heterocycles. The average Bonchev–Trinajstić information content (AvgIpc) is 3.15. The van der Waals surface area contributed by atoms with Crippen LogP contribution in [0.5, 0.6) is 0 Å². The standard InChI is InChI=1S/C43H69NO16/c1-12-32(47)57-31-22-34(49)53-25(4)17-15-14-16-18-30(56-28(7)46)24(3)21-29(19-20-45)39(40(31)52-11)60-42-37(50)36(44(9)10)38(26(5)55-42)59-35-23-43(8,51)41(27(6)54-35)58-33(48)13-2/h14-16,18,20,24-27,29-31,35-42,50-51H,12-13,17,19,21-23H2,1-11H3/b15-14+,18-16+/t24-,25-,26-,27+,29+,30+,31-,35+,36-,37-,38-,39+,40+,41+,42+,43-/m1/s1. The summed E-state index contributed by atoms with van der Waals surface area (Å²) in [7, 11) is 4.84. The van der Waals surface area contributed by atoms with Crippen LogP contribution in [0.15, 0.2) is 24.3 Å². The number of cyclic esters (lactones) is 1. The Bertz CT molecular complexity index is 1470. The van der Waals surface area contributed by atoms with Crippen LogP contribution in [0.2, 0.25) is 0 Å². The Hall–Kier alpha value is -3.29. The minimum atomic E-state index is -1.50. The number of likely N-dealkylation sites (N-methyl/N-ethyl adjacent to an activating group) is 1. The van der Waals surface area contributed by atoms with Gasteiger partial charge in [0.15, 0.2) is 18.7 Å². The van der Waals surface area contributed by atoms with Gasteiger partial charge in [0.2, 0.25) is 0 Å². The number of carbonyl (C=O) groups is 5. The molecule has 16 atom stereocenters. The van der Waals surface area contributed by atoms with Gasteiger partial charge in [0.25, 0.3) is 0 Å². The third-order valence-electron chi connectivity index (χ3n) is 11.2. The van der Waals surface area contributed by atoms with Crippen molar-refractivity contribution in [3.63, 3.8) is 0 Å². The molecule has 0 amide bonds. The maximum Gasteiger partial charge on any atom is 0.309 e. The molecule has 0 aromatic heterocycles. The zero-order valence-corrected chi connectivity index (χ0v) is 37.1. The Balaban J connectivity index is 2.06. The molecule has 0 aromatic rings. The number of esters is 4. The Morgan fingerprint density at radius 1 is 0.950 bits per heavy atom. The lowest BCUT2D eigenvalue weighted by atomic mass is 9.82. The van der Waals surface area contributed by atoms with Crippen LogP contribution in [-0.2, 0) is 66.6 Å². The summed E-state index contributed by atoms with van der Waals surface area (Å²) in [5.41, 5.74) is -1.50. The lowest BCUT2D eigenvalue weighted by Gasteiger charge is -2.50. The molecule has 342 valence electrons. The van der Waals surface area contributed by atoms with Gasteiger partial charge in [-0.2, -0.15) is 0 Å². The molecule has 17 heteroatoms. The van der Waals surface area contributed by atoms with E-state index in [9.17, 15) is 34.2 Å². The van der Waals surface area contributed by atoms with Gasteiger partial charge in [-0.3, -0.25) is 19.2 Å². The first-order chi connectivity index (χ1) is 28.3. The van der Waals surface area contributed by atoms with Gasteiger partial charge in [-0.15, -0.1) is 0 Å². The number of aldehydes is 1. The van der Waals surface area contributed by atoms with E-state index in [0.29, 0.717) is 12.7 Å². The molecule has 60 heavy (non-hydrogen) atoms. The van der Waals surface area contributed by atoms with Crippen molar-refractivity contribution in [2.24, 2.45) is 11.8 Å². The third kappa shape index (κ3) is 14.4. The molecule has 3 aliphatic rings. The van der Waals surface area contributed by atoms with Crippen molar-refractivity contribution in [3.05, 3.63) is 24.3 Å². The first kappa shape index (κ1) is 51.1. The van der Waals surface area contributed by atoms with Crippen LogP contribution in [-0.4, -0.2) is 152 Å². The molecular formula is C43H69NO16. The van der Waals surface area contributed by atoms with Crippen molar-refractivity contribution in [3.8, 4) is 0 Å². The Labute approximate surface area is 354 Å². The molecule has 0 bridgehead atoms. The summed E-state index contributed by atoms with van der Waals surface area (Å²) in [6.07, 6.45) is -4.14. The second-order valence-electron chi connectivity index (χ2n) is 16.5. The van der Waals surface area contributed by atoms with Crippen LogP contribution in [0, 0.1) is 11.8 Å². The fraction of sp³-hybridized carbons (Fsp3) is 0.791. The number of hydrogen-bond acceptors (Lipinski definition) is 17. The van der Waals surface area contributed by atoms with Gasteiger partial charge in [0.1, 0.15) is 48.5 Å². The minimum absolute atomic E-state index is 0.0166. The van der Waals surface area contributed by atoms with Gasteiger partial charge in [-0.05, 0) is 66.1 Å². The van der Waals surface area contributed by atoms with E-state index in [1.54, 1.807) is 78.8 Å². The van der Waals surface area contributed by atoms with Gasteiger partial charge in [0, 0.05) is 46.1 Å². The molecule has 0 radical (unpaired) electrons. The van der Waals surface area contributed by atoms with Gasteiger partial charge in [0.05, 0.1) is 30.8 Å². The Morgan fingerprint density at radius 2 is 1.62 bits per heavy atom. The fourth-order valence-corrected chi connectivity index (χ4v) is 8.16. The van der Waals surface area contributed by atoms with Crippen molar-refractivity contribution < 1.29 is 76.8 Å². The zero-order valence-electron chi connectivity index (χ0n) is 37.1. The molecular weight excluding hydrogens is 786 g/mol. The summed E-state index contributed by atoms with van der Waals surface area (Å²) in [6, 6.07) is -0.800. The van der Waals surface area contributed by atoms with E-state index in [2.05, 4.69) is 0 Å². The predicted octanol–water partition coefficient (Wildman–Crippen LogP) is 3.34. The number of nitrogens with zero attached hydrogens (tertiary/aromatic N) is 1. The van der Waals surface area contributed by atoms with Gasteiger partial charge in [-0.1, -0.05) is 39.0 Å². The lowest BCUT2D eigenvalue weighted by Crippen LogP contribution is -2.66. The summed E-state index contributed by atoms with van der Waals surface area (Å²) in [4.78, 5) is 64.9. The summed E-state index contributed by atoms with van der Waals surface area (Å²) in [6.45, 7) is 13.1. The molecule has 0 aliphatic carbocycles. The van der Waals surface area contributed by atoms with E-state index in [4.69, 9.17) is 42.6 Å². The molecule has 2 fully saturated rings. The number of methoxy groups -OCH3 is 1. The van der Waals surface area contributed by atoms with Gasteiger partial charge >= 0.3 is 23.9 Å². The van der Waals surface area contributed by atoms with Crippen LogP contribution < -0.4 is 0 Å². The van der Waals surface area contributed by atoms with E-state index in [1.165, 1.54) is 14.0 Å². The highest BCUT2D eigenvalue weighted by atomic mass is 16.7. The smallest absolute Gasteiger partial charge is 0.309 e. The van der Waals surface area contributed by atoms with E-state index < -0.39 is 127 Å². The van der Waals surface area contributed by atoms with E-state index in [-0.39, 0.29) is 32.1 Å². The normalized spacial score (nSPS) is 39.5. The molecule has 3 rings (SSSR count). The third-order valence-corrected chi connectivity index (χ3v) is 11.2. The number of ether oxygens (including phenoxy) is 9. The highest BCUT2D eigenvalue weighted by Gasteiger charge is 2.53. The SMILES string of the molecule is CCC(=O)O[C@@H]1CC(=O)O[C@H](C)C/C=C/C=C/[C@H](OC(C)=O)[C@H](C)C[C@H](CC=O)[C@H](O[C@@H]2O[C@H](C)[C@@H](O[C@H]3C[C@@](C)(O)[C@@H](OC(=O)CC)[C@H](C)O3)[C@H](N(C)C)[C@H]2O)[C@H]1OC. The molecule has 0 unspecified atom stereocenters. The number of allylic oxidation sites excluding steroid dienone is 2. The molecule has 0 spiro atoms. The lowest BCUT2D eigenvalue weighted by molar-refractivity contribution is -0.344. The topological polar surface area (TPSA) is 212 Å². The monoisotopic (exact) mass is 855 g/mol. The zero-order chi connectivity index (χ0) is 44.9. The van der Waals surface area contributed by atoms with Gasteiger partial charge in [-0.25, -0.2) is 0 Å². The first-order valence-electron chi connectivity index (χ1n) is 21.0. The van der Waals surface area contributed by atoms with Crippen LogP contribution in [0.3, 0.4) is 0 Å². The summed E-state index contributed by atoms with van der Waals surface area (Å²) < 4.78 is 54.5. The van der Waals surface area contributed by atoms with Crippen molar-refractivity contribution in [2.45, 2.75) is 186 Å². The summed E-state index contributed by atoms with van der Waals surface area (Å²) >= 11 is 0. The fourth-order valence-electron chi connectivity index (χ4n) is 8.16. The number of aliphatic hydroxyl groups excluding tert-OH is 1. The average molecular weight is 856 g/mol. The van der Waals surface area contributed by atoms with Gasteiger partial charge < -0.3 is 62.5 Å². The van der Waals surface area contributed by atoms with Crippen molar-refractivity contribution >= 4 is 30.2 Å². The predicted molar refractivity (Wildman–Crippen MR) is 215 cm³/mol. The molecule has 2 N–H and O–H groups in total. The highest BCUT2D eigenvalue weighted by Crippen LogP contribution is 2.38. The maximum absolute atomic E-state index is 13.4. The Morgan fingerprint density at radius 3 is 2.20 bits per heavy atom. The number of hydrogen-bond donors (Lipinski definition) is 2. The molecule has 3 aliphatic heterocycles. The Kier molecular flexibility index (Phi) is 20.3. The quantitative estimate of drug-likeness (QED) is 0.155. The summed E-state index contributed by atoms with van der Waals surface area (Å²) in [5.74, 6) is -3.40. The van der Waals surface area contributed by atoms with Crippen molar-refractivity contribution in [1.29, 1.82) is 0 Å². The number of rotatable bonds is 13. The van der Waals surface area contributed by atoms with Crippen molar-refractivity contribution in [1.82, 2.24) is 4.90 Å². The van der Waals surface area contributed by atoms with Crippen LogP contribution in [0.4, 0.5) is 0 Å². The highest BCUT2D eigenvalue weighted by molar-refractivity contribution is 5.73. The maximum atomic E-state index is 13.4. The van der Waals surface area contributed by atoms with E-state index >= 15 is 0 Å². The number of carbonyl (C=O) groups excluding carboxylic acids is 5. The van der Waals surface area contributed by atoms with E-state index in [1.807, 2.05) is 13.0 Å². The largest absolute Gasteiger partial charge is 0.462 e. The first-order valence-corrected chi connectivity index (χ1v) is 21.0. The number of aliphatic hydroxyl groups is 2. The second kappa shape index (κ2) is 23.8. The second-order valence-corrected chi connectivity index (χ2v) is 16.5. The van der Waals surface area contributed by atoms with Crippen LogP contribution in [0.1, 0.15) is 100 Å².